The quantitative estimate of drug-likeness (QED) is 0.838. The van der Waals surface area contributed by atoms with Gasteiger partial charge in [-0.3, -0.25) is 0 Å². The fourth-order valence-electron chi connectivity index (χ4n) is 2.03. The summed E-state index contributed by atoms with van der Waals surface area (Å²) in [6, 6.07) is 8.18. The molecule has 1 aromatic rings. The summed E-state index contributed by atoms with van der Waals surface area (Å²) in [4.78, 5) is 0. The predicted octanol–water partition coefficient (Wildman–Crippen LogP) is 1.62. The minimum atomic E-state index is 0.346. The summed E-state index contributed by atoms with van der Waals surface area (Å²) in [5.74, 6) is 0.978. The molecule has 1 atom stereocenters. The standard InChI is InChI=1S/C13H19NO2/c1-15-13-5-3-2-4-11(13)6-7-12-10-14-8-9-16-12/h2-5,12,14H,6-10H2,1H3/t12-/m0/s1. The van der Waals surface area contributed by atoms with E-state index < -0.39 is 0 Å². The van der Waals surface area contributed by atoms with Gasteiger partial charge in [-0.05, 0) is 24.5 Å². The second kappa shape index (κ2) is 5.87. The van der Waals surface area contributed by atoms with E-state index in [0.717, 1.165) is 38.3 Å². The highest BCUT2D eigenvalue weighted by Crippen LogP contribution is 2.20. The number of aryl methyl sites for hydroxylation is 1. The van der Waals surface area contributed by atoms with Crippen LogP contribution in [0.15, 0.2) is 24.3 Å². The van der Waals surface area contributed by atoms with Gasteiger partial charge in [-0.25, -0.2) is 0 Å². The van der Waals surface area contributed by atoms with Crippen LogP contribution in [0, 0.1) is 0 Å². The van der Waals surface area contributed by atoms with Crippen LogP contribution in [0.4, 0.5) is 0 Å². The Morgan fingerprint density at radius 1 is 1.44 bits per heavy atom. The second-order valence-electron chi connectivity index (χ2n) is 4.05. The van der Waals surface area contributed by atoms with E-state index in [1.54, 1.807) is 7.11 Å². The minimum Gasteiger partial charge on any atom is -0.496 e. The molecule has 1 aliphatic rings. The van der Waals surface area contributed by atoms with Crippen molar-refractivity contribution in [1.29, 1.82) is 0 Å². The zero-order chi connectivity index (χ0) is 11.2. The second-order valence-corrected chi connectivity index (χ2v) is 4.05. The Bertz CT molecular complexity index is 321. The Hall–Kier alpha value is -1.06. The van der Waals surface area contributed by atoms with Crippen molar-refractivity contribution in [3.63, 3.8) is 0 Å². The highest BCUT2D eigenvalue weighted by Gasteiger charge is 2.13. The first-order valence-electron chi connectivity index (χ1n) is 5.84. The van der Waals surface area contributed by atoms with Crippen LogP contribution in [0.25, 0.3) is 0 Å². The lowest BCUT2D eigenvalue weighted by molar-refractivity contribution is 0.0238. The number of hydrogen-bond donors (Lipinski definition) is 1. The first-order chi connectivity index (χ1) is 7.90. The predicted molar refractivity (Wildman–Crippen MR) is 63.9 cm³/mol. The molecule has 3 heteroatoms. The van der Waals surface area contributed by atoms with E-state index in [9.17, 15) is 0 Å². The average molecular weight is 221 g/mol. The van der Waals surface area contributed by atoms with Crippen LogP contribution in [-0.4, -0.2) is 32.9 Å². The van der Waals surface area contributed by atoms with Crippen LogP contribution in [-0.2, 0) is 11.2 Å². The molecule has 2 rings (SSSR count). The molecule has 0 saturated carbocycles. The molecule has 1 heterocycles. The molecule has 0 spiro atoms. The molecular formula is C13H19NO2. The molecule has 0 unspecified atom stereocenters. The summed E-state index contributed by atoms with van der Waals surface area (Å²) in [5, 5.41) is 3.34. The number of morpholine rings is 1. The lowest BCUT2D eigenvalue weighted by Gasteiger charge is -2.23. The van der Waals surface area contributed by atoms with Crippen LogP contribution in [0.2, 0.25) is 0 Å². The van der Waals surface area contributed by atoms with Crippen molar-refractivity contribution in [2.75, 3.05) is 26.8 Å². The first kappa shape index (κ1) is 11.4. The van der Waals surface area contributed by atoms with Crippen molar-refractivity contribution in [1.82, 2.24) is 5.32 Å². The zero-order valence-corrected chi connectivity index (χ0v) is 9.74. The van der Waals surface area contributed by atoms with Crippen LogP contribution in [0.3, 0.4) is 0 Å². The van der Waals surface area contributed by atoms with Crippen LogP contribution >= 0.6 is 0 Å². The van der Waals surface area contributed by atoms with Gasteiger partial charge in [0.25, 0.3) is 0 Å². The Morgan fingerprint density at radius 2 is 2.31 bits per heavy atom. The Labute approximate surface area is 96.8 Å². The van der Waals surface area contributed by atoms with Gasteiger partial charge in [0.05, 0.1) is 19.8 Å². The SMILES string of the molecule is COc1ccccc1CC[C@H]1CNCCO1. The van der Waals surface area contributed by atoms with E-state index in [-0.39, 0.29) is 0 Å². The highest BCUT2D eigenvalue weighted by atomic mass is 16.5. The molecule has 1 N–H and O–H groups in total. The summed E-state index contributed by atoms with van der Waals surface area (Å²) in [7, 11) is 1.72. The molecule has 3 nitrogen and oxygen atoms in total. The van der Waals surface area contributed by atoms with Gasteiger partial charge >= 0.3 is 0 Å². The number of nitrogens with one attached hydrogen (secondary N) is 1. The average Bonchev–Trinajstić information content (AvgIpc) is 2.38. The van der Waals surface area contributed by atoms with E-state index >= 15 is 0 Å². The van der Waals surface area contributed by atoms with Crippen LogP contribution in [0.5, 0.6) is 5.75 Å². The summed E-state index contributed by atoms with van der Waals surface area (Å²) in [6.45, 7) is 2.77. The van der Waals surface area contributed by atoms with Gasteiger partial charge in [-0.1, -0.05) is 18.2 Å². The third-order valence-corrected chi connectivity index (χ3v) is 2.93. The smallest absolute Gasteiger partial charge is 0.122 e. The van der Waals surface area contributed by atoms with Gasteiger partial charge < -0.3 is 14.8 Å². The number of ether oxygens (including phenoxy) is 2. The lowest BCUT2D eigenvalue weighted by Crippen LogP contribution is -2.38. The van der Waals surface area contributed by atoms with E-state index in [0.29, 0.717) is 6.10 Å². The number of hydrogen-bond acceptors (Lipinski definition) is 3. The zero-order valence-electron chi connectivity index (χ0n) is 9.74. The van der Waals surface area contributed by atoms with E-state index in [4.69, 9.17) is 9.47 Å². The normalized spacial score (nSPS) is 20.7. The summed E-state index contributed by atoms with van der Waals surface area (Å²) >= 11 is 0. The molecule has 88 valence electrons. The molecule has 0 aromatic heterocycles. The van der Waals surface area contributed by atoms with Crippen molar-refractivity contribution < 1.29 is 9.47 Å². The van der Waals surface area contributed by atoms with Gasteiger partial charge in [0.2, 0.25) is 0 Å². The summed E-state index contributed by atoms with van der Waals surface area (Å²) in [6.07, 6.45) is 2.41. The van der Waals surface area contributed by atoms with Gasteiger partial charge in [0.1, 0.15) is 5.75 Å². The number of rotatable bonds is 4. The molecule has 0 radical (unpaired) electrons. The molecule has 1 fully saturated rings. The maximum absolute atomic E-state index is 5.67. The minimum absolute atomic E-state index is 0.346. The summed E-state index contributed by atoms with van der Waals surface area (Å²) in [5.41, 5.74) is 1.26. The van der Waals surface area contributed by atoms with Gasteiger partial charge in [-0.15, -0.1) is 0 Å². The van der Waals surface area contributed by atoms with Gasteiger partial charge in [0.15, 0.2) is 0 Å². The molecule has 1 aliphatic heterocycles. The molecule has 1 saturated heterocycles. The maximum atomic E-state index is 5.67. The monoisotopic (exact) mass is 221 g/mol. The third-order valence-electron chi connectivity index (χ3n) is 2.93. The highest BCUT2D eigenvalue weighted by molar-refractivity contribution is 5.33. The van der Waals surface area contributed by atoms with Crippen molar-refractivity contribution in [2.24, 2.45) is 0 Å². The van der Waals surface area contributed by atoms with Gasteiger partial charge in [0, 0.05) is 13.1 Å². The van der Waals surface area contributed by atoms with E-state index in [2.05, 4.69) is 17.4 Å². The molecular weight excluding hydrogens is 202 g/mol. The van der Waals surface area contributed by atoms with Gasteiger partial charge in [-0.2, -0.15) is 0 Å². The third kappa shape index (κ3) is 2.97. The van der Waals surface area contributed by atoms with E-state index in [1.807, 2.05) is 12.1 Å². The Kier molecular flexibility index (Phi) is 4.19. The maximum Gasteiger partial charge on any atom is 0.122 e. The molecule has 16 heavy (non-hydrogen) atoms. The Morgan fingerprint density at radius 3 is 3.06 bits per heavy atom. The van der Waals surface area contributed by atoms with Crippen LogP contribution in [0.1, 0.15) is 12.0 Å². The van der Waals surface area contributed by atoms with Crippen LogP contribution < -0.4 is 10.1 Å². The lowest BCUT2D eigenvalue weighted by atomic mass is 10.1. The van der Waals surface area contributed by atoms with Crippen molar-refractivity contribution in [3.05, 3.63) is 29.8 Å². The van der Waals surface area contributed by atoms with Crippen molar-refractivity contribution >= 4 is 0 Å². The number of para-hydroxylation sites is 1. The largest absolute Gasteiger partial charge is 0.496 e. The topological polar surface area (TPSA) is 30.5 Å². The summed E-state index contributed by atoms with van der Waals surface area (Å²) < 4.78 is 11.0. The molecule has 0 bridgehead atoms. The first-order valence-corrected chi connectivity index (χ1v) is 5.84. The number of benzene rings is 1. The number of methoxy groups -OCH3 is 1. The molecule has 0 amide bonds. The Balaban J connectivity index is 1.88. The fraction of sp³-hybridized carbons (Fsp3) is 0.538. The van der Waals surface area contributed by atoms with Crippen molar-refractivity contribution in [3.8, 4) is 5.75 Å². The van der Waals surface area contributed by atoms with E-state index in [1.165, 1.54) is 5.56 Å². The molecule has 0 aliphatic carbocycles. The molecule has 1 aromatic carbocycles. The fourth-order valence-corrected chi connectivity index (χ4v) is 2.03. The van der Waals surface area contributed by atoms with Crippen molar-refractivity contribution in [2.45, 2.75) is 18.9 Å².